The van der Waals surface area contributed by atoms with Gasteiger partial charge in [0.2, 0.25) is 0 Å². The Morgan fingerprint density at radius 2 is 1.63 bits per heavy atom. The van der Waals surface area contributed by atoms with Gasteiger partial charge in [-0.1, -0.05) is 55.8 Å². The number of amides is 1. The van der Waals surface area contributed by atoms with E-state index in [1.807, 2.05) is 42.5 Å². The van der Waals surface area contributed by atoms with Crippen molar-refractivity contribution in [2.75, 3.05) is 30.4 Å². The summed E-state index contributed by atoms with van der Waals surface area (Å²) in [7, 11) is -3.53. The molecule has 4 rings (SSSR count). The van der Waals surface area contributed by atoms with E-state index in [9.17, 15) is 9.36 Å². The van der Waals surface area contributed by atoms with Crippen LogP contribution in [0.4, 0.5) is 11.4 Å². The van der Waals surface area contributed by atoms with Crippen LogP contribution < -0.4 is 21.3 Å². The van der Waals surface area contributed by atoms with E-state index >= 15 is 0 Å². The number of unbranched alkanes of at least 4 members (excludes halogenated alkanes) is 1. The molecule has 0 saturated carbocycles. The Kier molecular flexibility index (Phi) is 9.53. The van der Waals surface area contributed by atoms with Gasteiger partial charge in [-0.05, 0) is 68.3 Å². The predicted molar refractivity (Wildman–Crippen MR) is 155 cm³/mol. The molecule has 3 aromatic rings. The van der Waals surface area contributed by atoms with Crippen molar-refractivity contribution in [3.8, 4) is 0 Å². The van der Waals surface area contributed by atoms with Crippen molar-refractivity contribution < 1.29 is 18.4 Å². The Hall–Kier alpha value is -3.22. The van der Waals surface area contributed by atoms with Gasteiger partial charge >= 0.3 is 7.60 Å². The van der Waals surface area contributed by atoms with E-state index in [1.54, 1.807) is 32.0 Å². The molecule has 0 aromatic heterocycles. The molecule has 0 unspecified atom stereocenters. The number of fused-ring (bicyclic) bond motifs is 1. The summed E-state index contributed by atoms with van der Waals surface area (Å²) in [5.74, 6) is -0.233. The maximum Gasteiger partial charge on any atom is 0.361 e. The number of hydrogen-bond donors (Lipinski definition) is 3. The molecule has 0 saturated heterocycles. The zero-order chi connectivity index (χ0) is 27.0. The highest BCUT2D eigenvalue weighted by atomic mass is 31.2. The predicted octanol–water partition coefficient (Wildman–Crippen LogP) is 6.40. The van der Waals surface area contributed by atoms with Crippen LogP contribution in [0.15, 0.2) is 72.8 Å². The topological polar surface area (TPSA) is 88.7 Å². The van der Waals surface area contributed by atoms with E-state index in [0.717, 1.165) is 30.8 Å². The zero-order valence-electron chi connectivity index (χ0n) is 22.3. The van der Waals surface area contributed by atoms with Crippen molar-refractivity contribution in [2.24, 2.45) is 0 Å². The molecule has 0 aliphatic carbocycles. The fourth-order valence-corrected chi connectivity index (χ4v) is 5.97. The van der Waals surface area contributed by atoms with Crippen molar-refractivity contribution in [3.05, 3.63) is 89.5 Å². The Labute approximate surface area is 225 Å². The first kappa shape index (κ1) is 27.8. The van der Waals surface area contributed by atoms with Crippen LogP contribution in [0.5, 0.6) is 0 Å². The average Bonchev–Trinajstić information content (AvgIpc) is 3.26. The normalized spacial score (nSPS) is 14.2. The largest absolute Gasteiger partial charge is 0.361 e. The second-order valence-electron chi connectivity index (χ2n) is 8.99. The first-order valence-electron chi connectivity index (χ1n) is 13.2. The molecule has 0 bridgehead atoms. The Morgan fingerprint density at radius 1 is 0.921 bits per heavy atom. The van der Waals surface area contributed by atoms with Crippen LogP contribution in [0.25, 0.3) is 11.3 Å². The molecule has 3 aromatic carbocycles. The highest BCUT2D eigenvalue weighted by Crippen LogP contribution is 2.48. The summed E-state index contributed by atoms with van der Waals surface area (Å²) < 4.78 is 24.6. The first-order chi connectivity index (χ1) is 18.5. The Bertz CT molecular complexity index is 1310. The molecule has 200 valence electrons. The van der Waals surface area contributed by atoms with E-state index < -0.39 is 7.60 Å². The third-order valence-electron chi connectivity index (χ3n) is 6.23. The van der Waals surface area contributed by atoms with Crippen LogP contribution in [-0.2, 0) is 25.0 Å². The van der Waals surface area contributed by atoms with Crippen LogP contribution >= 0.6 is 7.60 Å². The van der Waals surface area contributed by atoms with Crippen LogP contribution in [-0.4, -0.2) is 25.7 Å². The highest BCUT2D eigenvalue weighted by Gasteiger charge is 2.33. The standard InChI is InChI=1S/C30H36N3O4P/c1-4-7-19-31-21-22-13-15-24(16-14-22)32-29(23-11-9-8-10-12-23)28-26-20-25(17-18-27(26)33-30(28)34)38(35,36-5-2)37-6-3/h8-18,20,31-32H,4-7,19,21H2,1-3H3,(H,33,34). The fourth-order valence-electron chi connectivity index (χ4n) is 4.37. The average molecular weight is 534 g/mol. The van der Waals surface area contributed by atoms with Gasteiger partial charge in [-0.3, -0.25) is 9.36 Å². The summed E-state index contributed by atoms with van der Waals surface area (Å²) in [6.45, 7) is 8.03. The number of carbonyl (C=O) groups excluding carboxylic acids is 1. The van der Waals surface area contributed by atoms with Crippen molar-refractivity contribution in [1.82, 2.24) is 5.32 Å². The number of anilines is 2. The molecule has 1 aliphatic rings. The smallest absolute Gasteiger partial charge is 0.354 e. The SMILES string of the molecule is CCCCNCc1ccc(NC(=C2C(=O)Nc3ccc(P(=O)(OCC)OCC)cc32)c2ccccc2)cc1. The summed E-state index contributed by atoms with van der Waals surface area (Å²) in [4.78, 5) is 13.3. The van der Waals surface area contributed by atoms with Crippen molar-refractivity contribution in [2.45, 2.75) is 40.2 Å². The molecule has 38 heavy (non-hydrogen) atoms. The van der Waals surface area contributed by atoms with Crippen LogP contribution in [0.1, 0.15) is 50.3 Å². The lowest BCUT2D eigenvalue weighted by molar-refractivity contribution is -0.110. The van der Waals surface area contributed by atoms with E-state index in [4.69, 9.17) is 9.05 Å². The lowest BCUT2D eigenvalue weighted by Crippen LogP contribution is -2.14. The molecule has 0 radical (unpaired) electrons. The Morgan fingerprint density at radius 3 is 2.29 bits per heavy atom. The van der Waals surface area contributed by atoms with E-state index in [2.05, 4.69) is 35.0 Å². The molecule has 7 nitrogen and oxygen atoms in total. The first-order valence-corrected chi connectivity index (χ1v) is 14.7. The van der Waals surface area contributed by atoms with Gasteiger partial charge in [0.15, 0.2) is 0 Å². The van der Waals surface area contributed by atoms with Crippen LogP contribution in [0.3, 0.4) is 0 Å². The Balaban J connectivity index is 1.73. The highest BCUT2D eigenvalue weighted by molar-refractivity contribution is 7.62. The van der Waals surface area contributed by atoms with E-state index in [-0.39, 0.29) is 19.1 Å². The second kappa shape index (κ2) is 13.0. The van der Waals surface area contributed by atoms with Crippen molar-refractivity contribution >= 4 is 41.5 Å². The molecule has 0 atom stereocenters. The van der Waals surface area contributed by atoms with Crippen molar-refractivity contribution in [3.63, 3.8) is 0 Å². The minimum Gasteiger partial charge on any atom is -0.354 e. The summed E-state index contributed by atoms with van der Waals surface area (Å²) in [5, 5.41) is 10.3. The van der Waals surface area contributed by atoms with Crippen LogP contribution in [0, 0.1) is 0 Å². The molecule has 1 heterocycles. The van der Waals surface area contributed by atoms with Crippen molar-refractivity contribution in [1.29, 1.82) is 0 Å². The van der Waals surface area contributed by atoms with Gasteiger partial charge in [0.05, 0.1) is 29.8 Å². The van der Waals surface area contributed by atoms with Gasteiger partial charge in [0.1, 0.15) is 0 Å². The summed E-state index contributed by atoms with van der Waals surface area (Å²) in [5.41, 5.74) is 5.34. The molecule has 1 amide bonds. The van der Waals surface area contributed by atoms with Gasteiger partial charge in [-0.25, -0.2) is 0 Å². The quantitative estimate of drug-likeness (QED) is 0.134. The molecule has 0 spiro atoms. The fraction of sp³-hybridized carbons (Fsp3) is 0.300. The second-order valence-corrected chi connectivity index (χ2v) is 11.0. The number of carbonyl (C=O) groups is 1. The molecule has 1 aliphatic heterocycles. The summed E-state index contributed by atoms with van der Waals surface area (Å²) >= 11 is 0. The summed E-state index contributed by atoms with van der Waals surface area (Å²) in [6.07, 6.45) is 2.32. The van der Waals surface area contributed by atoms with Gasteiger partial charge in [-0.2, -0.15) is 0 Å². The van der Waals surface area contributed by atoms with Crippen LogP contribution in [0.2, 0.25) is 0 Å². The lowest BCUT2D eigenvalue weighted by Gasteiger charge is -2.18. The monoisotopic (exact) mass is 533 g/mol. The van der Waals surface area contributed by atoms with E-state index in [0.29, 0.717) is 27.8 Å². The molecular weight excluding hydrogens is 497 g/mol. The van der Waals surface area contributed by atoms with Gasteiger partial charge in [0.25, 0.3) is 5.91 Å². The lowest BCUT2D eigenvalue weighted by atomic mass is 10.00. The minimum atomic E-state index is -3.53. The van der Waals surface area contributed by atoms with E-state index in [1.165, 1.54) is 12.0 Å². The minimum absolute atomic E-state index is 0.233. The zero-order valence-corrected chi connectivity index (χ0v) is 23.1. The maximum absolute atomic E-state index is 13.5. The number of benzene rings is 3. The number of nitrogens with one attached hydrogen (secondary N) is 3. The van der Waals surface area contributed by atoms with Gasteiger partial charge in [-0.15, -0.1) is 0 Å². The number of hydrogen-bond acceptors (Lipinski definition) is 6. The molecular formula is C30H36N3O4P. The number of rotatable bonds is 13. The van der Waals surface area contributed by atoms with Gasteiger partial charge in [0, 0.05) is 23.5 Å². The molecule has 3 N–H and O–H groups in total. The maximum atomic E-state index is 13.5. The summed E-state index contributed by atoms with van der Waals surface area (Å²) in [6, 6.07) is 23.1. The van der Waals surface area contributed by atoms with Gasteiger partial charge < -0.3 is 25.0 Å². The third kappa shape index (κ3) is 6.43. The third-order valence-corrected chi connectivity index (χ3v) is 8.34. The molecule has 0 fully saturated rings. The molecule has 8 heteroatoms.